The van der Waals surface area contributed by atoms with E-state index in [2.05, 4.69) is 14.9 Å². The molecular weight excluding hydrogens is 402 g/mol. The van der Waals surface area contributed by atoms with Crippen LogP contribution < -0.4 is 14.8 Å². The zero-order valence-corrected chi connectivity index (χ0v) is 18.3. The van der Waals surface area contributed by atoms with Gasteiger partial charge < -0.3 is 24.1 Å². The van der Waals surface area contributed by atoms with E-state index in [4.69, 9.17) is 14.2 Å². The molecule has 0 saturated heterocycles. The minimum absolute atomic E-state index is 0.114. The SMILES string of the molecule is CCOc1ccc(NC(=O)CSc2nc3ccccc3n2CCOC)cc1OCC. The number of thioether (sulfide) groups is 1. The molecule has 0 spiro atoms. The number of benzene rings is 2. The van der Waals surface area contributed by atoms with Gasteiger partial charge in [-0.05, 0) is 38.1 Å². The van der Waals surface area contributed by atoms with E-state index in [1.165, 1.54) is 11.8 Å². The number of hydrogen-bond donors (Lipinski definition) is 1. The summed E-state index contributed by atoms with van der Waals surface area (Å²) >= 11 is 1.40. The van der Waals surface area contributed by atoms with E-state index in [0.717, 1.165) is 16.2 Å². The van der Waals surface area contributed by atoms with Gasteiger partial charge in [0, 0.05) is 25.4 Å². The van der Waals surface area contributed by atoms with Crippen molar-refractivity contribution in [2.24, 2.45) is 0 Å². The smallest absolute Gasteiger partial charge is 0.234 e. The molecule has 0 aliphatic heterocycles. The zero-order valence-electron chi connectivity index (χ0n) is 17.5. The van der Waals surface area contributed by atoms with E-state index in [1.54, 1.807) is 19.2 Å². The van der Waals surface area contributed by atoms with Gasteiger partial charge in [-0.25, -0.2) is 4.98 Å². The second-order valence-corrected chi connectivity index (χ2v) is 7.33. The lowest BCUT2D eigenvalue weighted by molar-refractivity contribution is -0.113. The molecule has 0 fully saturated rings. The summed E-state index contributed by atoms with van der Waals surface area (Å²) in [6, 6.07) is 13.3. The summed E-state index contributed by atoms with van der Waals surface area (Å²) in [6.07, 6.45) is 0. The number of ether oxygens (including phenoxy) is 3. The van der Waals surface area contributed by atoms with Crippen molar-refractivity contribution in [2.45, 2.75) is 25.5 Å². The Morgan fingerprint density at radius 3 is 2.63 bits per heavy atom. The number of fused-ring (bicyclic) bond motifs is 1. The minimum Gasteiger partial charge on any atom is -0.490 e. The Morgan fingerprint density at radius 2 is 1.87 bits per heavy atom. The molecule has 1 heterocycles. The number of nitrogens with one attached hydrogen (secondary N) is 1. The fraction of sp³-hybridized carbons (Fsp3) is 0.364. The van der Waals surface area contributed by atoms with Gasteiger partial charge in [-0.15, -0.1) is 0 Å². The molecule has 0 radical (unpaired) electrons. The highest BCUT2D eigenvalue weighted by molar-refractivity contribution is 7.99. The number of rotatable bonds is 11. The Labute approximate surface area is 180 Å². The third-order valence-corrected chi connectivity index (χ3v) is 5.27. The first-order valence-electron chi connectivity index (χ1n) is 9.92. The van der Waals surface area contributed by atoms with Crippen molar-refractivity contribution in [3.63, 3.8) is 0 Å². The van der Waals surface area contributed by atoms with E-state index in [-0.39, 0.29) is 11.7 Å². The maximum absolute atomic E-state index is 12.5. The molecule has 3 aromatic rings. The van der Waals surface area contributed by atoms with Crippen molar-refractivity contribution in [1.29, 1.82) is 0 Å². The lowest BCUT2D eigenvalue weighted by Gasteiger charge is -2.13. The van der Waals surface area contributed by atoms with Gasteiger partial charge in [-0.1, -0.05) is 23.9 Å². The molecule has 0 bridgehead atoms. The van der Waals surface area contributed by atoms with Gasteiger partial charge in [0.25, 0.3) is 0 Å². The number of para-hydroxylation sites is 2. The van der Waals surface area contributed by atoms with Crippen LogP contribution in [0.5, 0.6) is 11.5 Å². The normalized spacial score (nSPS) is 10.9. The van der Waals surface area contributed by atoms with Gasteiger partial charge in [0.15, 0.2) is 16.7 Å². The van der Waals surface area contributed by atoms with Gasteiger partial charge in [-0.2, -0.15) is 0 Å². The summed E-state index contributed by atoms with van der Waals surface area (Å²) in [7, 11) is 1.67. The lowest BCUT2D eigenvalue weighted by Crippen LogP contribution is -2.15. The number of aromatic nitrogens is 2. The first-order chi connectivity index (χ1) is 14.7. The minimum atomic E-state index is -0.114. The molecule has 0 unspecified atom stereocenters. The average molecular weight is 430 g/mol. The number of methoxy groups -OCH3 is 1. The second-order valence-electron chi connectivity index (χ2n) is 6.39. The summed E-state index contributed by atoms with van der Waals surface area (Å²) in [5, 5.41) is 3.72. The molecule has 7 nitrogen and oxygen atoms in total. The van der Waals surface area contributed by atoms with Crippen LogP contribution in [-0.4, -0.2) is 48.1 Å². The van der Waals surface area contributed by atoms with Crippen molar-refractivity contribution in [3.05, 3.63) is 42.5 Å². The van der Waals surface area contributed by atoms with Crippen molar-refractivity contribution in [2.75, 3.05) is 38.0 Å². The third-order valence-electron chi connectivity index (χ3n) is 4.30. The van der Waals surface area contributed by atoms with Crippen molar-refractivity contribution < 1.29 is 19.0 Å². The van der Waals surface area contributed by atoms with E-state index < -0.39 is 0 Å². The summed E-state index contributed by atoms with van der Waals surface area (Å²) in [6.45, 7) is 6.15. The predicted octanol–water partition coefficient (Wildman–Crippen LogP) is 4.21. The standard InChI is InChI=1S/C22H27N3O4S/c1-4-28-19-11-10-16(14-20(19)29-5-2)23-21(26)15-30-22-24-17-8-6-7-9-18(17)25(22)12-13-27-3/h6-11,14H,4-5,12-13,15H2,1-3H3,(H,23,26). The number of amides is 1. The fourth-order valence-electron chi connectivity index (χ4n) is 3.02. The Balaban J connectivity index is 1.68. The Hall–Kier alpha value is -2.71. The molecule has 30 heavy (non-hydrogen) atoms. The quantitative estimate of drug-likeness (QED) is 0.460. The van der Waals surface area contributed by atoms with Gasteiger partial charge >= 0.3 is 0 Å². The number of carbonyl (C=O) groups is 1. The van der Waals surface area contributed by atoms with Crippen LogP contribution in [-0.2, 0) is 16.1 Å². The highest BCUT2D eigenvalue weighted by Crippen LogP contribution is 2.31. The number of hydrogen-bond acceptors (Lipinski definition) is 6. The number of anilines is 1. The first-order valence-corrected chi connectivity index (χ1v) is 10.9. The third kappa shape index (κ3) is 5.46. The van der Waals surface area contributed by atoms with Crippen LogP contribution in [0.25, 0.3) is 11.0 Å². The van der Waals surface area contributed by atoms with Crippen LogP contribution in [0.4, 0.5) is 5.69 Å². The van der Waals surface area contributed by atoms with Crippen LogP contribution in [0.15, 0.2) is 47.6 Å². The summed E-state index contributed by atoms with van der Waals surface area (Å²) in [5.74, 6) is 1.41. The molecule has 8 heteroatoms. The van der Waals surface area contributed by atoms with E-state index >= 15 is 0 Å². The molecule has 3 rings (SSSR count). The highest BCUT2D eigenvalue weighted by atomic mass is 32.2. The summed E-state index contributed by atoms with van der Waals surface area (Å²) < 4.78 is 18.5. The van der Waals surface area contributed by atoms with Gasteiger partial charge in [0.2, 0.25) is 5.91 Å². The monoisotopic (exact) mass is 429 g/mol. The first kappa shape index (κ1) is 22.0. The Morgan fingerprint density at radius 1 is 1.10 bits per heavy atom. The average Bonchev–Trinajstić information content (AvgIpc) is 3.10. The fourth-order valence-corrected chi connectivity index (χ4v) is 3.86. The predicted molar refractivity (Wildman–Crippen MR) is 120 cm³/mol. The molecule has 0 atom stereocenters. The van der Waals surface area contributed by atoms with Gasteiger partial charge in [0.05, 0.1) is 36.6 Å². The van der Waals surface area contributed by atoms with Crippen molar-refractivity contribution in [1.82, 2.24) is 9.55 Å². The van der Waals surface area contributed by atoms with Gasteiger partial charge in [-0.3, -0.25) is 4.79 Å². The number of imidazole rings is 1. The second kappa shape index (κ2) is 10.9. The number of nitrogens with zero attached hydrogens (tertiary/aromatic N) is 2. The van der Waals surface area contributed by atoms with E-state index in [9.17, 15) is 4.79 Å². The largest absolute Gasteiger partial charge is 0.490 e. The zero-order chi connectivity index (χ0) is 21.3. The van der Waals surface area contributed by atoms with Crippen LogP contribution in [0.3, 0.4) is 0 Å². The molecule has 2 aromatic carbocycles. The van der Waals surface area contributed by atoms with Crippen LogP contribution in [0.1, 0.15) is 13.8 Å². The van der Waals surface area contributed by atoms with Crippen molar-refractivity contribution >= 4 is 34.4 Å². The Kier molecular flexibility index (Phi) is 7.98. The van der Waals surface area contributed by atoms with Crippen LogP contribution in [0.2, 0.25) is 0 Å². The van der Waals surface area contributed by atoms with Gasteiger partial charge in [0.1, 0.15) is 0 Å². The Bertz CT molecular complexity index is 990. The topological polar surface area (TPSA) is 74.6 Å². The van der Waals surface area contributed by atoms with E-state index in [0.29, 0.717) is 43.6 Å². The van der Waals surface area contributed by atoms with Crippen LogP contribution in [0, 0.1) is 0 Å². The molecule has 160 valence electrons. The number of carbonyl (C=O) groups excluding carboxylic acids is 1. The molecule has 1 N–H and O–H groups in total. The van der Waals surface area contributed by atoms with E-state index in [1.807, 2.05) is 44.2 Å². The lowest BCUT2D eigenvalue weighted by atomic mass is 10.2. The highest BCUT2D eigenvalue weighted by Gasteiger charge is 2.14. The molecule has 0 aliphatic rings. The molecule has 0 aliphatic carbocycles. The maximum atomic E-state index is 12.5. The molecule has 0 saturated carbocycles. The molecule has 1 amide bonds. The molecule has 1 aromatic heterocycles. The maximum Gasteiger partial charge on any atom is 0.234 e. The summed E-state index contributed by atoms with van der Waals surface area (Å²) in [4.78, 5) is 17.2. The van der Waals surface area contributed by atoms with Crippen LogP contribution >= 0.6 is 11.8 Å². The summed E-state index contributed by atoms with van der Waals surface area (Å²) in [5.41, 5.74) is 2.61. The van der Waals surface area contributed by atoms with Crippen molar-refractivity contribution in [3.8, 4) is 11.5 Å². The molecular formula is C22H27N3O4S.